The van der Waals surface area contributed by atoms with Crippen LogP contribution in [0.25, 0.3) is 0 Å². The fraction of sp³-hybridized carbons (Fsp3) is 0.846. The Balaban J connectivity index is 1.53. The molecule has 0 aliphatic heterocycles. The average Bonchev–Trinajstić information content (AvgIpc) is 3.26. The molecule has 100 valence electrons. The van der Waals surface area contributed by atoms with Crippen molar-refractivity contribution in [3.8, 4) is 0 Å². The van der Waals surface area contributed by atoms with Gasteiger partial charge in [0.25, 0.3) is 0 Å². The standard InChI is InChI=1S/C13H21N3O2/c1-2-17-12(9-3-4-9)13-15-11(18-16-13)7-8-14-10-5-6-10/h9-10,12,14H,2-8H2,1H3. The van der Waals surface area contributed by atoms with Gasteiger partial charge < -0.3 is 14.6 Å². The van der Waals surface area contributed by atoms with Gasteiger partial charge in [0.05, 0.1) is 0 Å². The molecule has 0 amide bonds. The Hall–Kier alpha value is -0.940. The lowest BCUT2D eigenvalue weighted by Gasteiger charge is -2.10. The Morgan fingerprint density at radius 3 is 2.89 bits per heavy atom. The zero-order chi connectivity index (χ0) is 12.4. The van der Waals surface area contributed by atoms with E-state index in [0.29, 0.717) is 12.5 Å². The minimum atomic E-state index is 0.0453. The lowest BCUT2D eigenvalue weighted by Crippen LogP contribution is -2.19. The number of nitrogens with zero attached hydrogens (tertiary/aromatic N) is 2. The summed E-state index contributed by atoms with van der Waals surface area (Å²) in [6, 6.07) is 0.732. The summed E-state index contributed by atoms with van der Waals surface area (Å²) in [7, 11) is 0. The third-order valence-electron chi connectivity index (χ3n) is 3.48. The summed E-state index contributed by atoms with van der Waals surface area (Å²) in [5, 5.41) is 7.52. The first kappa shape index (κ1) is 12.1. The maximum atomic E-state index is 5.72. The third-order valence-corrected chi connectivity index (χ3v) is 3.48. The van der Waals surface area contributed by atoms with Crippen molar-refractivity contribution in [2.75, 3.05) is 13.2 Å². The molecule has 1 unspecified atom stereocenters. The smallest absolute Gasteiger partial charge is 0.228 e. The van der Waals surface area contributed by atoms with E-state index in [0.717, 1.165) is 30.7 Å². The van der Waals surface area contributed by atoms with Crippen molar-refractivity contribution in [3.63, 3.8) is 0 Å². The summed E-state index contributed by atoms with van der Waals surface area (Å²) in [5.41, 5.74) is 0. The quantitative estimate of drug-likeness (QED) is 0.764. The summed E-state index contributed by atoms with van der Waals surface area (Å²) in [5.74, 6) is 2.06. The van der Waals surface area contributed by atoms with Gasteiger partial charge in [0, 0.05) is 25.6 Å². The van der Waals surface area contributed by atoms with Crippen LogP contribution in [0.5, 0.6) is 0 Å². The van der Waals surface area contributed by atoms with Crippen molar-refractivity contribution in [3.05, 3.63) is 11.7 Å². The minimum Gasteiger partial charge on any atom is -0.370 e. The van der Waals surface area contributed by atoms with Crippen molar-refractivity contribution in [2.45, 2.75) is 51.2 Å². The van der Waals surface area contributed by atoms with Crippen molar-refractivity contribution in [2.24, 2.45) is 5.92 Å². The fourth-order valence-electron chi connectivity index (χ4n) is 2.16. The van der Waals surface area contributed by atoms with Gasteiger partial charge in [0.2, 0.25) is 11.7 Å². The second-order valence-electron chi connectivity index (χ2n) is 5.24. The van der Waals surface area contributed by atoms with E-state index in [1.807, 2.05) is 6.92 Å². The van der Waals surface area contributed by atoms with E-state index < -0.39 is 0 Å². The molecule has 0 saturated heterocycles. The molecule has 2 aliphatic carbocycles. The molecule has 0 bridgehead atoms. The van der Waals surface area contributed by atoms with Gasteiger partial charge >= 0.3 is 0 Å². The van der Waals surface area contributed by atoms with Gasteiger partial charge in [-0.2, -0.15) is 4.98 Å². The molecule has 0 radical (unpaired) electrons. The van der Waals surface area contributed by atoms with Crippen LogP contribution in [0.3, 0.4) is 0 Å². The molecule has 5 heteroatoms. The zero-order valence-corrected chi connectivity index (χ0v) is 10.9. The van der Waals surface area contributed by atoms with Crippen LogP contribution in [0.2, 0.25) is 0 Å². The van der Waals surface area contributed by atoms with Gasteiger partial charge in [0.1, 0.15) is 6.10 Å². The SMILES string of the molecule is CCOC(c1noc(CCNC2CC2)n1)C1CC1. The van der Waals surface area contributed by atoms with Crippen molar-refractivity contribution in [1.82, 2.24) is 15.5 Å². The Bertz CT molecular complexity index is 385. The zero-order valence-electron chi connectivity index (χ0n) is 10.9. The Kier molecular flexibility index (Phi) is 3.61. The van der Waals surface area contributed by atoms with Crippen molar-refractivity contribution in [1.29, 1.82) is 0 Å². The first-order valence-electron chi connectivity index (χ1n) is 7.04. The maximum Gasteiger partial charge on any atom is 0.228 e. The molecule has 18 heavy (non-hydrogen) atoms. The maximum absolute atomic E-state index is 5.72. The topological polar surface area (TPSA) is 60.2 Å². The normalized spacial score (nSPS) is 21.2. The van der Waals surface area contributed by atoms with Crippen LogP contribution in [0.1, 0.15) is 50.4 Å². The number of hydrogen-bond acceptors (Lipinski definition) is 5. The Labute approximate surface area is 107 Å². The summed E-state index contributed by atoms with van der Waals surface area (Å²) >= 11 is 0. The van der Waals surface area contributed by atoms with Crippen LogP contribution in [-0.4, -0.2) is 29.3 Å². The van der Waals surface area contributed by atoms with Crippen molar-refractivity contribution >= 4 is 0 Å². The lowest BCUT2D eigenvalue weighted by molar-refractivity contribution is 0.0384. The predicted octanol–water partition coefficient (Wildman–Crippen LogP) is 1.85. The molecule has 5 nitrogen and oxygen atoms in total. The van der Waals surface area contributed by atoms with Crippen LogP contribution in [0, 0.1) is 5.92 Å². The molecule has 2 saturated carbocycles. The summed E-state index contributed by atoms with van der Waals surface area (Å²) in [4.78, 5) is 4.46. The highest BCUT2D eigenvalue weighted by molar-refractivity contribution is 4.98. The first-order chi connectivity index (χ1) is 8.86. The van der Waals surface area contributed by atoms with E-state index in [2.05, 4.69) is 15.5 Å². The molecule has 2 aliphatic rings. The molecule has 0 aromatic carbocycles. The van der Waals surface area contributed by atoms with Gasteiger partial charge in [0.15, 0.2) is 0 Å². The van der Waals surface area contributed by atoms with Crippen LogP contribution in [-0.2, 0) is 11.2 Å². The van der Waals surface area contributed by atoms with Crippen LogP contribution in [0.4, 0.5) is 0 Å². The van der Waals surface area contributed by atoms with E-state index in [4.69, 9.17) is 9.26 Å². The molecule has 1 atom stereocenters. The largest absolute Gasteiger partial charge is 0.370 e. The summed E-state index contributed by atoms with van der Waals surface area (Å²) in [6.45, 7) is 3.64. The molecule has 0 spiro atoms. The molecule has 1 N–H and O–H groups in total. The second kappa shape index (κ2) is 5.36. The van der Waals surface area contributed by atoms with Gasteiger partial charge in [-0.05, 0) is 38.5 Å². The molecule has 1 aromatic rings. The molecule has 2 fully saturated rings. The molecule has 1 heterocycles. The Morgan fingerprint density at radius 1 is 1.39 bits per heavy atom. The van der Waals surface area contributed by atoms with Crippen LogP contribution < -0.4 is 5.32 Å². The average molecular weight is 251 g/mol. The number of ether oxygens (including phenoxy) is 1. The van der Waals surface area contributed by atoms with E-state index in [1.165, 1.54) is 25.7 Å². The highest BCUT2D eigenvalue weighted by Gasteiger charge is 2.36. The highest BCUT2D eigenvalue weighted by atomic mass is 16.5. The molecule has 3 rings (SSSR count). The summed E-state index contributed by atoms with van der Waals surface area (Å²) in [6.07, 6.45) is 5.92. The summed E-state index contributed by atoms with van der Waals surface area (Å²) < 4.78 is 11.0. The minimum absolute atomic E-state index is 0.0453. The number of aromatic nitrogens is 2. The van der Waals surface area contributed by atoms with Crippen LogP contribution in [0.15, 0.2) is 4.52 Å². The highest BCUT2D eigenvalue weighted by Crippen LogP contribution is 2.42. The van der Waals surface area contributed by atoms with Gasteiger partial charge in [-0.15, -0.1) is 0 Å². The molecule has 1 aromatic heterocycles. The predicted molar refractivity (Wildman–Crippen MR) is 66.1 cm³/mol. The second-order valence-corrected chi connectivity index (χ2v) is 5.24. The number of rotatable bonds is 8. The van der Waals surface area contributed by atoms with Crippen molar-refractivity contribution < 1.29 is 9.26 Å². The fourth-order valence-corrected chi connectivity index (χ4v) is 2.16. The van der Waals surface area contributed by atoms with E-state index in [-0.39, 0.29) is 6.10 Å². The monoisotopic (exact) mass is 251 g/mol. The third kappa shape index (κ3) is 3.09. The number of nitrogens with one attached hydrogen (secondary N) is 1. The van der Waals surface area contributed by atoms with Gasteiger partial charge in [-0.1, -0.05) is 5.16 Å². The number of hydrogen-bond donors (Lipinski definition) is 1. The van der Waals surface area contributed by atoms with Crippen LogP contribution >= 0.6 is 0 Å². The van der Waals surface area contributed by atoms with Gasteiger partial charge in [-0.25, -0.2) is 0 Å². The Morgan fingerprint density at radius 2 is 2.22 bits per heavy atom. The van der Waals surface area contributed by atoms with E-state index in [9.17, 15) is 0 Å². The molecular formula is C13H21N3O2. The molecular weight excluding hydrogens is 230 g/mol. The van der Waals surface area contributed by atoms with Gasteiger partial charge in [-0.3, -0.25) is 0 Å². The van der Waals surface area contributed by atoms with E-state index >= 15 is 0 Å². The first-order valence-corrected chi connectivity index (χ1v) is 7.04. The van der Waals surface area contributed by atoms with E-state index in [1.54, 1.807) is 0 Å². The lowest BCUT2D eigenvalue weighted by atomic mass is 10.2.